The second-order valence-corrected chi connectivity index (χ2v) is 5.74. The monoisotopic (exact) mass is 377 g/mol. The first-order valence-electron chi connectivity index (χ1n) is 8.20. The van der Waals surface area contributed by atoms with Crippen LogP contribution < -0.4 is 18.9 Å². The van der Waals surface area contributed by atoms with E-state index in [9.17, 15) is 0 Å². The molecule has 0 saturated carbocycles. The molecule has 140 valence electrons. The van der Waals surface area contributed by atoms with E-state index < -0.39 is 0 Å². The second-order valence-electron chi connectivity index (χ2n) is 5.74. The Balaban J connectivity index is 0.00000243. The number of methoxy groups -OCH3 is 4. The van der Waals surface area contributed by atoms with Gasteiger partial charge in [-0.25, -0.2) is 0 Å². The lowest BCUT2D eigenvalue weighted by atomic mass is 9.92. The zero-order valence-electron chi connectivity index (χ0n) is 15.5. The number of hydrogen-bond donors (Lipinski definition) is 0. The first kappa shape index (κ1) is 19.9. The molecule has 2 aromatic rings. The minimum Gasteiger partial charge on any atom is -0.493 e. The molecule has 1 aliphatic rings. The van der Waals surface area contributed by atoms with Gasteiger partial charge in [0.15, 0.2) is 23.0 Å². The maximum Gasteiger partial charge on any atom is 0.164 e. The van der Waals surface area contributed by atoms with Gasteiger partial charge in [0.2, 0.25) is 0 Å². The van der Waals surface area contributed by atoms with Crippen molar-refractivity contribution in [2.45, 2.75) is 12.8 Å². The lowest BCUT2D eigenvalue weighted by Gasteiger charge is -2.22. The number of aliphatic imine (C=N–C) groups is 1. The number of para-hydroxylation sites is 1. The molecular weight excluding hydrogens is 354 g/mol. The topological polar surface area (TPSA) is 49.3 Å². The number of halogens is 1. The van der Waals surface area contributed by atoms with Crippen molar-refractivity contribution in [1.82, 2.24) is 0 Å². The van der Waals surface area contributed by atoms with Gasteiger partial charge < -0.3 is 18.9 Å². The van der Waals surface area contributed by atoms with E-state index in [-0.39, 0.29) is 12.4 Å². The molecule has 0 bridgehead atoms. The van der Waals surface area contributed by atoms with Crippen LogP contribution in [0.4, 0.5) is 0 Å². The number of nitrogens with zero attached hydrogens (tertiary/aromatic N) is 1. The SMILES string of the molecule is COc1cccc(CC2=NCCc3c2ccc(OC)c3OC)c1OC.Cl. The van der Waals surface area contributed by atoms with Crippen LogP contribution in [0.1, 0.15) is 16.7 Å². The number of hydrogen-bond acceptors (Lipinski definition) is 5. The van der Waals surface area contributed by atoms with E-state index in [0.29, 0.717) is 6.42 Å². The van der Waals surface area contributed by atoms with Crippen molar-refractivity contribution in [3.8, 4) is 23.0 Å². The van der Waals surface area contributed by atoms with Crippen molar-refractivity contribution >= 4 is 18.1 Å². The zero-order valence-corrected chi connectivity index (χ0v) is 16.3. The average molecular weight is 378 g/mol. The normalized spacial score (nSPS) is 12.4. The fourth-order valence-corrected chi connectivity index (χ4v) is 3.32. The van der Waals surface area contributed by atoms with Gasteiger partial charge in [0, 0.05) is 35.4 Å². The fourth-order valence-electron chi connectivity index (χ4n) is 3.32. The number of rotatable bonds is 6. The summed E-state index contributed by atoms with van der Waals surface area (Å²) in [5, 5.41) is 0. The average Bonchev–Trinajstić information content (AvgIpc) is 2.66. The molecule has 0 fully saturated rings. The molecule has 1 aliphatic heterocycles. The van der Waals surface area contributed by atoms with Crippen LogP contribution in [0.15, 0.2) is 35.3 Å². The molecule has 0 radical (unpaired) electrons. The summed E-state index contributed by atoms with van der Waals surface area (Å²) in [4.78, 5) is 4.75. The van der Waals surface area contributed by atoms with Gasteiger partial charge >= 0.3 is 0 Å². The van der Waals surface area contributed by atoms with Crippen LogP contribution in [0, 0.1) is 0 Å². The molecule has 0 N–H and O–H groups in total. The second kappa shape index (κ2) is 8.81. The van der Waals surface area contributed by atoms with Gasteiger partial charge in [-0.05, 0) is 24.6 Å². The van der Waals surface area contributed by atoms with Gasteiger partial charge in [-0.1, -0.05) is 12.1 Å². The van der Waals surface area contributed by atoms with Gasteiger partial charge in [-0.3, -0.25) is 4.99 Å². The molecule has 0 saturated heterocycles. The van der Waals surface area contributed by atoms with Gasteiger partial charge in [-0.15, -0.1) is 12.4 Å². The van der Waals surface area contributed by atoms with E-state index in [0.717, 1.165) is 58.4 Å². The largest absolute Gasteiger partial charge is 0.493 e. The van der Waals surface area contributed by atoms with E-state index in [2.05, 4.69) is 6.07 Å². The van der Waals surface area contributed by atoms with Crippen LogP contribution in [-0.2, 0) is 12.8 Å². The zero-order chi connectivity index (χ0) is 17.8. The maximum absolute atomic E-state index is 5.59. The third kappa shape index (κ3) is 3.58. The highest BCUT2D eigenvalue weighted by atomic mass is 35.5. The lowest BCUT2D eigenvalue weighted by Crippen LogP contribution is -2.17. The molecular formula is C20H24ClNO4. The molecule has 6 heteroatoms. The van der Waals surface area contributed by atoms with Crippen molar-refractivity contribution < 1.29 is 18.9 Å². The van der Waals surface area contributed by atoms with E-state index in [1.165, 1.54) is 0 Å². The van der Waals surface area contributed by atoms with Gasteiger partial charge in [0.05, 0.1) is 28.4 Å². The first-order valence-corrected chi connectivity index (χ1v) is 8.20. The fraction of sp³-hybridized carbons (Fsp3) is 0.350. The summed E-state index contributed by atoms with van der Waals surface area (Å²) in [6.07, 6.45) is 1.51. The molecule has 5 nitrogen and oxygen atoms in total. The van der Waals surface area contributed by atoms with Gasteiger partial charge in [0.25, 0.3) is 0 Å². The summed E-state index contributed by atoms with van der Waals surface area (Å²) in [5.74, 6) is 3.02. The number of ether oxygens (including phenoxy) is 4. The number of benzene rings is 2. The smallest absolute Gasteiger partial charge is 0.164 e. The van der Waals surface area contributed by atoms with Crippen LogP contribution >= 0.6 is 12.4 Å². The predicted molar refractivity (Wildman–Crippen MR) is 105 cm³/mol. The van der Waals surface area contributed by atoms with Crippen LogP contribution in [0.5, 0.6) is 23.0 Å². The quantitative estimate of drug-likeness (QED) is 0.769. The molecule has 1 heterocycles. The van der Waals surface area contributed by atoms with Crippen molar-refractivity contribution in [2.24, 2.45) is 4.99 Å². The maximum atomic E-state index is 5.59. The van der Waals surface area contributed by atoms with Crippen molar-refractivity contribution in [1.29, 1.82) is 0 Å². The lowest BCUT2D eigenvalue weighted by molar-refractivity contribution is 0.351. The summed E-state index contributed by atoms with van der Waals surface area (Å²) >= 11 is 0. The summed E-state index contributed by atoms with van der Waals surface area (Å²) in [7, 11) is 6.63. The Morgan fingerprint density at radius 2 is 1.54 bits per heavy atom. The van der Waals surface area contributed by atoms with E-state index in [4.69, 9.17) is 23.9 Å². The van der Waals surface area contributed by atoms with Crippen molar-refractivity contribution in [3.05, 3.63) is 47.0 Å². The molecule has 0 aliphatic carbocycles. The van der Waals surface area contributed by atoms with Crippen LogP contribution in [0.3, 0.4) is 0 Å². The standard InChI is InChI=1S/C20H23NO4.ClH/c1-22-17-7-5-6-13(19(17)24-3)12-16-14-8-9-18(23-2)20(25-4)15(14)10-11-21-16;/h5-9H,10-12H2,1-4H3;1H. The molecule has 0 aromatic heterocycles. The molecule has 0 atom stereocenters. The highest BCUT2D eigenvalue weighted by Crippen LogP contribution is 2.37. The summed E-state index contributed by atoms with van der Waals surface area (Å²) in [5.41, 5.74) is 4.32. The van der Waals surface area contributed by atoms with E-state index in [1.807, 2.05) is 24.3 Å². The van der Waals surface area contributed by atoms with E-state index in [1.54, 1.807) is 28.4 Å². The number of fused-ring (bicyclic) bond motifs is 1. The molecule has 0 spiro atoms. The minimum atomic E-state index is 0. The Morgan fingerprint density at radius 1 is 0.846 bits per heavy atom. The molecule has 0 unspecified atom stereocenters. The Morgan fingerprint density at radius 3 is 2.19 bits per heavy atom. The van der Waals surface area contributed by atoms with Crippen molar-refractivity contribution in [3.63, 3.8) is 0 Å². The predicted octanol–water partition coefficient (Wildman–Crippen LogP) is 3.73. The first-order chi connectivity index (χ1) is 12.2. The van der Waals surface area contributed by atoms with Gasteiger partial charge in [0.1, 0.15) is 0 Å². The third-order valence-electron chi connectivity index (χ3n) is 4.47. The molecule has 26 heavy (non-hydrogen) atoms. The molecule has 3 rings (SSSR count). The summed E-state index contributed by atoms with van der Waals surface area (Å²) < 4.78 is 22.0. The van der Waals surface area contributed by atoms with Crippen LogP contribution in [-0.4, -0.2) is 40.7 Å². The van der Waals surface area contributed by atoms with E-state index >= 15 is 0 Å². The highest BCUT2D eigenvalue weighted by molar-refractivity contribution is 6.05. The van der Waals surface area contributed by atoms with Crippen LogP contribution in [0.2, 0.25) is 0 Å². The van der Waals surface area contributed by atoms with Crippen LogP contribution in [0.25, 0.3) is 0 Å². The third-order valence-corrected chi connectivity index (χ3v) is 4.47. The summed E-state index contributed by atoms with van der Waals surface area (Å²) in [6.45, 7) is 0.734. The Labute approximate surface area is 160 Å². The summed E-state index contributed by atoms with van der Waals surface area (Å²) in [6, 6.07) is 9.89. The van der Waals surface area contributed by atoms with Crippen molar-refractivity contribution in [2.75, 3.05) is 35.0 Å². The Kier molecular flexibility index (Phi) is 6.75. The minimum absolute atomic E-state index is 0. The molecule has 0 amide bonds. The van der Waals surface area contributed by atoms with Gasteiger partial charge in [-0.2, -0.15) is 0 Å². The Hall–Kier alpha value is -2.40. The molecule has 2 aromatic carbocycles. The Bertz CT molecular complexity index is 805. The highest BCUT2D eigenvalue weighted by Gasteiger charge is 2.22.